The van der Waals surface area contributed by atoms with Gasteiger partial charge in [0.2, 0.25) is 5.91 Å². The molecule has 2 aromatic rings. The van der Waals surface area contributed by atoms with Crippen molar-refractivity contribution in [2.45, 2.75) is 46.7 Å². The van der Waals surface area contributed by atoms with Crippen LogP contribution in [0.5, 0.6) is 0 Å². The molecule has 6 heteroatoms. The number of carbonyl (C=O) groups excluding carboxylic acids is 1. The minimum Gasteiger partial charge on any atom is -0.465 e. The maximum Gasteiger partial charge on any atom is 0.223 e. The van der Waals surface area contributed by atoms with Crippen molar-refractivity contribution in [3.63, 3.8) is 0 Å². The van der Waals surface area contributed by atoms with Crippen LogP contribution in [0, 0.1) is 26.2 Å². The van der Waals surface area contributed by atoms with Crippen LogP contribution in [0.15, 0.2) is 21.1 Å². The van der Waals surface area contributed by atoms with Crippen LogP contribution in [-0.4, -0.2) is 40.5 Å². The zero-order valence-electron chi connectivity index (χ0n) is 15.2. The van der Waals surface area contributed by atoms with Crippen LogP contribution in [0.1, 0.15) is 41.4 Å². The summed E-state index contributed by atoms with van der Waals surface area (Å²) >= 11 is 0. The van der Waals surface area contributed by atoms with E-state index in [1.54, 1.807) is 0 Å². The maximum atomic E-state index is 12.6. The molecule has 1 amide bonds. The Morgan fingerprint density at radius 3 is 2.72 bits per heavy atom. The molecule has 2 aromatic heterocycles. The molecule has 134 valence electrons. The summed E-state index contributed by atoms with van der Waals surface area (Å²) in [5.74, 6) is 3.01. The molecule has 2 aliphatic heterocycles. The summed E-state index contributed by atoms with van der Waals surface area (Å²) in [5, 5.41) is 4.00. The van der Waals surface area contributed by atoms with Gasteiger partial charge in [0.15, 0.2) is 0 Å². The number of likely N-dealkylation sites (tertiary alicyclic amines) is 2. The SMILES string of the molecule is Cc1ccc(CN2CC[C@@]3(CC(=O)N(Cc4c(C)noc4C)C3)C2)o1. The Labute approximate surface area is 147 Å². The van der Waals surface area contributed by atoms with Crippen molar-refractivity contribution in [1.29, 1.82) is 0 Å². The maximum absolute atomic E-state index is 12.6. The van der Waals surface area contributed by atoms with Crippen molar-refractivity contribution in [3.05, 3.63) is 40.7 Å². The van der Waals surface area contributed by atoms with Gasteiger partial charge in [0.25, 0.3) is 0 Å². The van der Waals surface area contributed by atoms with Gasteiger partial charge in [-0.05, 0) is 45.9 Å². The third-order valence-corrected chi connectivity index (χ3v) is 5.63. The smallest absolute Gasteiger partial charge is 0.223 e. The van der Waals surface area contributed by atoms with Gasteiger partial charge in [-0.25, -0.2) is 0 Å². The van der Waals surface area contributed by atoms with E-state index in [1.807, 2.05) is 37.8 Å². The van der Waals surface area contributed by atoms with E-state index in [2.05, 4.69) is 10.1 Å². The Morgan fingerprint density at radius 2 is 2.04 bits per heavy atom. The van der Waals surface area contributed by atoms with Crippen molar-refractivity contribution in [2.24, 2.45) is 5.41 Å². The Morgan fingerprint density at radius 1 is 1.20 bits per heavy atom. The second kappa shape index (κ2) is 6.02. The summed E-state index contributed by atoms with van der Waals surface area (Å²) in [7, 11) is 0. The molecule has 1 atom stereocenters. The second-order valence-electron chi connectivity index (χ2n) is 7.70. The van der Waals surface area contributed by atoms with Gasteiger partial charge < -0.3 is 13.8 Å². The lowest BCUT2D eigenvalue weighted by molar-refractivity contribution is -0.128. The first kappa shape index (κ1) is 16.4. The molecule has 0 saturated carbocycles. The highest BCUT2D eigenvalue weighted by atomic mass is 16.5. The van der Waals surface area contributed by atoms with Crippen LogP contribution in [0.4, 0.5) is 0 Å². The van der Waals surface area contributed by atoms with E-state index >= 15 is 0 Å². The van der Waals surface area contributed by atoms with E-state index < -0.39 is 0 Å². The largest absolute Gasteiger partial charge is 0.465 e. The third-order valence-electron chi connectivity index (χ3n) is 5.63. The molecule has 0 aromatic carbocycles. The summed E-state index contributed by atoms with van der Waals surface area (Å²) in [6.07, 6.45) is 1.71. The molecule has 4 heterocycles. The van der Waals surface area contributed by atoms with Crippen LogP contribution in [0.25, 0.3) is 0 Å². The molecule has 0 N–H and O–H groups in total. The summed E-state index contributed by atoms with van der Waals surface area (Å²) < 4.78 is 10.9. The highest BCUT2D eigenvalue weighted by Crippen LogP contribution is 2.41. The van der Waals surface area contributed by atoms with Crippen LogP contribution in [0.3, 0.4) is 0 Å². The first-order valence-electron chi connectivity index (χ1n) is 8.91. The lowest BCUT2D eigenvalue weighted by Gasteiger charge is -2.24. The summed E-state index contributed by atoms with van der Waals surface area (Å²) in [4.78, 5) is 17.0. The molecule has 6 nitrogen and oxygen atoms in total. The van der Waals surface area contributed by atoms with E-state index in [1.165, 1.54) is 0 Å². The van der Waals surface area contributed by atoms with E-state index in [9.17, 15) is 4.79 Å². The number of aromatic nitrogens is 1. The number of carbonyl (C=O) groups is 1. The third kappa shape index (κ3) is 3.11. The van der Waals surface area contributed by atoms with Crippen molar-refractivity contribution in [2.75, 3.05) is 19.6 Å². The average Bonchev–Trinajstić information content (AvgIpc) is 3.29. The molecule has 2 aliphatic rings. The predicted molar refractivity (Wildman–Crippen MR) is 91.8 cm³/mol. The van der Waals surface area contributed by atoms with Crippen molar-refractivity contribution >= 4 is 5.91 Å². The fourth-order valence-corrected chi connectivity index (χ4v) is 4.27. The Balaban J connectivity index is 1.41. The van der Waals surface area contributed by atoms with Crippen molar-refractivity contribution in [3.8, 4) is 0 Å². The quantitative estimate of drug-likeness (QED) is 0.854. The molecule has 0 aliphatic carbocycles. The summed E-state index contributed by atoms with van der Waals surface area (Å²) in [5.41, 5.74) is 2.01. The van der Waals surface area contributed by atoms with Gasteiger partial charge in [0, 0.05) is 30.5 Å². The number of aryl methyl sites for hydroxylation is 3. The minimum absolute atomic E-state index is 0.0810. The van der Waals surface area contributed by atoms with Gasteiger partial charge in [0.05, 0.1) is 18.8 Å². The first-order valence-corrected chi connectivity index (χ1v) is 8.91. The minimum atomic E-state index is 0.0810. The highest BCUT2D eigenvalue weighted by molar-refractivity contribution is 5.79. The van der Waals surface area contributed by atoms with Gasteiger partial charge in [-0.2, -0.15) is 0 Å². The molecule has 0 unspecified atom stereocenters. The number of hydrogen-bond acceptors (Lipinski definition) is 5. The molecule has 2 saturated heterocycles. The average molecular weight is 343 g/mol. The topological polar surface area (TPSA) is 62.7 Å². The molecule has 1 spiro atoms. The standard InChI is InChI=1S/C19H25N3O3/c1-13-4-5-16(24-13)9-21-7-6-19(11-21)8-18(23)22(12-19)10-17-14(2)20-25-15(17)3/h4-5H,6-12H2,1-3H3/t19-/m1/s1. The van der Waals surface area contributed by atoms with Gasteiger partial charge >= 0.3 is 0 Å². The van der Waals surface area contributed by atoms with E-state index in [0.717, 1.165) is 61.1 Å². The lowest BCUT2D eigenvalue weighted by atomic mass is 9.86. The summed E-state index contributed by atoms with van der Waals surface area (Å²) in [6.45, 7) is 10.1. The Kier molecular flexibility index (Phi) is 3.95. The molecule has 4 rings (SSSR count). The van der Waals surface area contributed by atoms with E-state index in [0.29, 0.717) is 13.0 Å². The predicted octanol–water partition coefficient (Wildman–Crippen LogP) is 2.82. The fourth-order valence-electron chi connectivity index (χ4n) is 4.27. The number of hydrogen-bond donors (Lipinski definition) is 0. The zero-order valence-corrected chi connectivity index (χ0v) is 15.2. The van der Waals surface area contributed by atoms with Crippen LogP contribution in [-0.2, 0) is 17.9 Å². The van der Waals surface area contributed by atoms with Crippen LogP contribution >= 0.6 is 0 Å². The first-order chi connectivity index (χ1) is 11.9. The second-order valence-corrected chi connectivity index (χ2v) is 7.70. The van der Waals surface area contributed by atoms with Gasteiger partial charge in [-0.15, -0.1) is 0 Å². The fraction of sp³-hybridized carbons (Fsp3) is 0.579. The highest BCUT2D eigenvalue weighted by Gasteiger charge is 2.47. The Hall–Kier alpha value is -2.08. The normalized spacial score (nSPS) is 24.1. The van der Waals surface area contributed by atoms with E-state index in [4.69, 9.17) is 8.94 Å². The lowest BCUT2D eigenvalue weighted by Crippen LogP contribution is -2.31. The van der Waals surface area contributed by atoms with Crippen molar-refractivity contribution in [1.82, 2.24) is 15.0 Å². The van der Waals surface area contributed by atoms with Gasteiger partial charge in [-0.3, -0.25) is 9.69 Å². The zero-order chi connectivity index (χ0) is 17.6. The van der Waals surface area contributed by atoms with Crippen LogP contribution in [0.2, 0.25) is 0 Å². The van der Waals surface area contributed by atoms with E-state index in [-0.39, 0.29) is 11.3 Å². The number of amides is 1. The van der Waals surface area contributed by atoms with Gasteiger partial charge in [-0.1, -0.05) is 5.16 Å². The van der Waals surface area contributed by atoms with Crippen molar-refractivity contribution < 1.29 is 13.7 Å². The monoisotopic (exact) mass is 343 g/mol. The molecule has 25 heavy (non-hydrogen) atoms. The summed E-state index contributed by atoms with van der Waals surface area (Å²) in [6, 6.07) is 4.05. The molecule has 0 bridgehead atoms. The number of rotatable bonds is 4. The Bertz CT molecular complexity index is 774. The molecular formula is C19H25N3O3. The molecule has 0 radical (unpaired) electrons. The van der Waals surface area contributed by atoms with Crippen LogP contribution < -0.4 is 0 Å². The molecular weight excluding hydrogens is 318 g/mol. The number of nitrogens with zero attached hydrogens (tertiary/aromatic N) is 3. The van der Waals surface area contributed by atoms with Gasteiger partial charge in [0.1, 0.15) is 17.3 Å². The number of furan rings is 1. The molecule has 2 fully saturated rings.